The summed E-state index contributed by atoms with van der Waals surface area (Å²) in [6.07, 6.45) is 19.0. The lowest BCUT2D eigenvalue weighted by molar-refractivity contribution is -0.507. The van der Waals surface area contributed by atoms with Crippen molar-refractivity contribution in [3.05, 3.63) is 21.8 Å². The Kier molecular flexibility index (Phi) is 11.3. The molecule has 0 saturated heterocycles. The minimum absolute atomic E-state index is 0. The van der Waals surface area contributed by atoms with E-state index in [9.17, 15) is 14.9 Å². The molecule has 0 N–H and O–H groups in total. The maximum absolute atomic E-state index is 10.7. The highest BCUT2D eigenvalue weighted by molar-refractivity contribution is 5.87. The van der Waals surface area contributed by atoms with E-state index in [-0.39, 0.29) is 39.2 Å². The standard InChI is InChI=1S/C10H17NO2.C9H14.C7H10O.3CH4/c1-2-10(7-11(12)13)6-8-4-3-5-9(8)10;1-2-7-6-8-4-3-5-9(7)8;8-7-4-5-2-1-3-6(5)7;;;/h8-9H,2-7H2,1H3;2,8-9H,3-6H2,1H3;5-6H,1-4H2;3*1H4/t8-,9-,10+;8-,9+;5-,6-;;;/m111.../s1. The number of carbonyl (C=O) groups excluding carboxylic acids is 1. The molecule has 0 aromatic heterocycles. The highest BCUT2D eigenvalue weighted by Crippen LogP contribution is 2.60. The third kappa shape index (κ3) is 5.90. The Hall–Kier alpha value is -1.19. The van der Waals surface area contributed by atoms with Crippen LogP contribution < -0.4 is 0 Å². The van der Waals surface area contributed by atoms with Gasteiger partial charge in [0.2, 0.25) is 6.54 Å². The van der Waals surface area contributed by atoms with E-state index < -0.39 is 0 Å². The molecule has 0 bridgehead atoms. The molecule has 6 saturated carbocycles. The minimum Gasteiger partial charge on any atom is -0.299 e. The fraction of sp³-hybridized carbons (Fsp3) is 0.897. The second-order valence-corrected chi connectivity index (χ2v) is 11.0. The molecule has 6 fully saturated rings. The van der Waals surface area contributed by atoms with Crippen LogP contribution in [-0.4, -0.2) is 17.3 Å². The van der Waals surface area contributed by atoms with E-state index in [0.29, 0.717) is 17.6 Å². The average Bonchev–Trinajstić information content (AvgIpc) is 3.38. The SMILES string of the molecule is C.C.C.CC=C1C[C@H]2CCC[C@@H]12.CC[C@@]1(C[N+](=O)[O-])C[C@H]2CCC[C@H]21.O=C1C[C@H]2CCC[C@@H]12. The van der Waals surface area contributed by atoms with Crippen molar-refractivity contribution >= 4 is 5.78 Å². The van der Waals surface area contributed by atoms with Crippen LogP contribution in [0.5, 0.6) is 0 Å². The molecule has 0 radical (unpaired) electrons. The van der Waals surface area contributed by atoms with Crippen LogP contribution in [0.25, 0.3) is 0 Å². The van der Waals surface area contributed by atoms with Crippen molar-refractivity contribution in [3.63, 3.8) is 0 Å². The Morgan fingerprint density at radius 1 is 0.909 bits per heavy atom. The molecule has 6 rings (SSSR count). The molecule has 6 aliphatic rings. The molecule has 0 amide bonds. The fourth-order valence-corrected chi connectivity index (χ4v) is 7.91. The highest BCUT2D eigenvalue weighted by Gasteiger charge is 2.56. The number of nitrogens with zero attached hydrogens (tertiary/aromatic N) is 1. The van der Waals surface area contributed by atoms with Gasteiger partial charge < -0.3 is 0 Å². The predicted molar refractivity (Wildman–Crippen MR) is 140 cm³/mol. The summed E-state index contributed by atoms with van der Waals surface area (Å²) in [5.41, 5.74) is 1.84. The van der Waals surface area contributed by atoms with Crippen LogP contribution in [0, 0.1) is 51.0 Å². The Morgan fingerprint density at radius 3 is 1.94 bits per heavy atom. The summed E-state index contributed by atoms with van der Waals surface area (Å²) in [5, 5.41) is 10.6. The lowest BCUT2D eigenvalue weighted by atomic mass is 9.54. The van der Waals surface area contributed by atoms with Gasteiger partial charge in [0.15, 0.2) is 0 Å². The molecular weight excluding hydrogens is 410 g/mol. The van der Waals surface area contributed by atoms with Crippen molar-refractivity contribution in [2.75, 3.05) is 6.54 Å². The van der Waals surface area contributed by atoms with Gasteiger partial charge in [-0.1, -0.05) is 66.5 Å². The summed E-state index contributed by atoms with van der Waals surface area (Å²) in [5.74, 6) is 5.54. The fourth-order valence-electron chi connectivity index (χ4n) is 7.91. The van der Waals surface area contributed by atoms with Crippen LogP contribution in [0.1, 0.15) is 120 Å². The van der Waals surface area contributed by atoms with Crippen LogP contribution in [0.15, 0.2) is 11.6 Å². The molecule has 4 nitrogen and oxygen atoms in total. The van der Waals surface area contributed by atoms with Crippen LogP contribution in [-0.2, 0) is 4.79 Å². The number of rotatable bonds is 3. The molecule has 192 valence electrons. The van der Waals surface area contributed by atoms with E-state index in [0.717, 1.165) is 42.9 Å². The van der Waals surface area contributed by atoms with E-state index >= 15 is 0 Å². The molecular formula is C29H53NO3. The monoisotopic (exact) mass is 463 g/mol. The molecule has 0 spiro atoms. The van der Waals surface area contributed by atoms with Crippen molar-refractivity contribution < 1.29 is 9.72 Å². The van der Waals surface area contributed by atoms with E-state index in [1.165, 1.54) is 64.2 Å². The molecule has 0 unspecified atom stereocenters. The first-order chi connectivity index (χ1) is 14.5. The summed E-state index contributed by atoms with van der Waals surface area (Å²) in [6, 6.07) is 0. The molecule has 0 aromatic carbocycles. The number of hydrogen-bond donors (Lipinski definition) is 0. The van der Waals surface area contributed by atoms with Gasteiger partial charge in [-0.25, -0.2) is 0 Å². The Labute approximate surface area is 204 Å². The number of hydrogen-bond acceptors (Lipinski definition) is 3. The zero-order valence-corrected chi connectivity index (χ0v) is 19.1. The second-order valence-electron chi connectivity index (χ2n) is 11.0. The first kappa shape index (κ1) is 29.8. The van der Waals surface area contributed by atoms with Gasteiger partial charge in [0, 0.05) is 22.7 Å². The third-order valence-electron chi connectivity index (χ3n) is 9.80. The van der Waals surface area contributed by atoms with Crippen LogP contribution in [0.3, 0.4) is 0 Å². The first-order valence-corrected chi connectivity index (χ1v) is 12.8. The molecule has 4 heteroatoms. The van der Waals surface area contributed by atoms with E-state index in [4.69, 9.17) is 0 Å². The number of nitro groups is 1. The lowest BCUT2D eigenvalue weighted by Crippen LogP contribution is -2.49. The van der Waals surface area contributed by atoms with E-state index in [1.54, 1.807) is 5.57 Å². The van der Waals surface area contributed by atoms with Gasteiger partial charge in [-0.15, -0.1) is 0 Å². The molecule has 7 atom stereocenters. The summed E-state index contributed by atoms with van der Waals surface area (Å²) in [6.45, 7) is 4.51. The summed E-state index contributed by atoms with van der Waals surface area (Å²) in [7, 11) is 0. The summed E-state index contributed by atoms with van der Waals surface area (Å²) >= 11 is 0. The Bertz CT molecular complexity index is 686. The summed E-state index contributed by atoms with van der Waals surface area (Å²) < 4.78 is 0. The minimum atomic E-state index is -0.113. The molecule has 0 aliphatic heterocycles. The average molecular weight is 464 g/mol. The van der Waals surface area contributed by atoms with E-state index in [1.807, 2.05) is 0 Å². The number of allylic oxidation sites excluding steroid dienone is 2. The van der Waals surface area contributed by atoms with Crippen molar-refractivity contribution in [2.45, 2.75) is 120 Å². The third-order valence-corrected chi connectivity index (χ3v) is 9.80. The maximum atomic E-state index is 10.7. The van der Waals surface area contributed by atoms with Crippen molar-refractivity contribution in [1.29, 1.82) is 0 Å². The maximum Gasteiger partial charge on any atom is 0.209 e. The number of fused-ring (bicyclic) bond motifs is 3. The van der Waals surface area contributed by atoms with Crippen LogP contribution in [0.2, 0.25) is 0 Å². The van der Waals surface area contributed by atoms with E-state index in [2.05, 4.69) is 19.9 Å². The van der Waals surface area contributed by atoms with Crippen molar-refractivity contribution in [3.8, 4) is 0 Å². The molecule has 6 aliphatic carbocycles. The van der Waals surface area contributed by atoms with Crippen LogP contribution in [0.4, 0.5) is 0 Å². The van der Waals surface area contributed by atoms with Crippen molar-refractivity contribution in [1.82, 2.24) is 0 Å². The topological polar surface area (TPSA) is 60.2 Å². The highest BCUT2D eigenvalue weighted by atomic mass is 16.6. The zero-order chi connectivity index (χ0) is 21.3. The van der Waals surface area contributed by atoms with Gasteiger partial charge in [-0.2, -0.15) is 0 Å². The first-order valence-electron chi connectivity index (χ1n) is 12.8. The van der Waals surface area contributed by atoms with Crippen molar-refractivity contribution in [2.24, 2.45) is 40.9 Å². The number of ketones is 1. The van der Waals surface area contributed by atoms with Gasteiger partial charge >= 0.3 is 0 Å². The quantitative estimate of drug-likeness (QED) is 0.239. The largest absolute Gasteiger partial charge is 0.299 e. The van der Waals surface area contributed by atoms with Crippen LogP contribution >= 0.6 is 0 Å². The second kappa shape index (κ2) is 12.5. The summed E-state index contributed by atoms with van der Waals surface area (Å²) in [4.78, 5) is 21.2. The normalized spacial score (nSPS) is 39.6. The molecule has 33 heavy (non-hydrogen) atoms. The van der Waals surface area contributed by atoms with Gasteiger partial charge in [0.1, 0.15) is 5.78 Å². The zero-order valence-electron chi connectivity index (χ0n) is 19.1. The number of Topliss-reactive ketones (excluding diaryl/α,β-unsaturated/α-hetero) is 1. The smallest absolute Gasteiger partial charge is 0.209 e. The lowest BCUT2D eigenvalue weighted by Gasteiger charge is -2.49. The van der Waals surface area contributed by atoms with Gasteiger partial charge in [0.05, 0.1) is 0 Å². The number of carbonyl (C=O) groups is 1. The molecule has 0 aromatic rings. The van der Waals surface area contributed by atoms with Gasteiger partial charge in [-0.05, 0) is 87.9 Å². The predicted octanol–water partition coefficient (Wildman–Crippen LogP) is 8.52. The van der Waals surface area contributed by atoms with Gasteiger partial charge in [0.25, 0.3) is 0 Å². The molecule has 0 heterocycles. The van der Waals surface area contributed by atoms with Gasteiger partial charge in [-0.3, -0.25) is 14.9 Å². The Morgan fingerprint density at radius 2 is 1.48 bits per heavy atom. The Balaban J connectivity index is 0.000000244.